The number of aryl methyl sites for hydroxylation is 1. The first-order valence-corrected chi connectivity index (χ1v) is 11.7. The van der Waals surface area contributed by atoms with E-state index >= 15 is 0 Å². The van der Waals surface area contributed by atoms with Gasteiger partial charge in [0.2, 0.25) is 5.95 Å². The van der Waals surface area contributed by atoms with Crippen molar-refractivity contribution in [3.05, 3.63) is 42.1 Å². The van der Waals surface area contributed by atoms with Crippen molar-refractivity contribution >= 4 is 23.4 Å². The molecule has 2 aliphatic heterocycles. The van der Waals surface area contributed by atoms with Crippen molar-refractivity contribution in [2.45, 2.75) is 54.8 Å². The fourth-order valence-corrected chi connectivity index (χ4v) is 5.88. The number of rotatable bonds is 3. The van der Waals surface area contributed by atoms with E-state index in [0.717, 1.165) is 49.8 Å². The van der Waals surface area contributed by atoms with Crippen LogP contribution in [0.15, 0.2) is 40.5 Å². The Morgan fingerprint density at radius 3 is 2.64 bits per heavy atom. The van der Waals surface area contributed by atoms with E-state index in [4.69, 9.17) is 15.5 Å². The van der Waals surface area contributed by atoms with Crippen molar-refractivity contribution < 1.29 is 17.9 Å². The molecule has 5 heterocycles. The molecule has 0 amide bonds. The molecule has 3 aromatic rings. The molecule has 3 aromatic heterocycles. The molecule has 5 rings (SSSR count). The van der Waals surface area contributed by atoms with E-state index < -0.39 is 11.9 Å². The highest BCUT2D eigenvalue weighted by atomic mass is 32.2. The smallest absolute Gasteiger partial charge is 0.376 e. The Balaban J connectivity index is 1.46. The monoisotopic (exact) mass is 478 g/mol. The van der Waals surface area contributed by atoms with Gasteiger partial charge in [0.25, 0.3) is 0 Å². The Bertz CT molecular complexity index is 1170. The summed E-state index contributed by atoms with van der Waals surface area (Å²) in [6.07, 6.45) is 1.91. The molecular weight excluding hydrogens is 453 g/mol. The lowest BCUT2D eigenvalue weighted by Crippen LogP contribution is -2.51. The summed E-state index contributed by atoms with van der Waals surface area (Å²) in [5, 5.41) is 0. The average molecular weight is 479 g/mol. The lowest BCUT2D eigenvalue weighted by atomic mass is 9.73. The zero-order valence-electron chi connectivity index (χ0n) is 18.3. The summed E-state index contributed by atoms with van der Waals surface area (Å²) in [7, 11) is 0. The van der Waals surface area contributed by atoms with E-state index in [0.29, 0.717) is 22.8 Å². The molecule has 2 atom stereocenters. The second-order valence-corrected chi connectivity index (χ2v) is 9.84. The van der Waals surface area contributed by atoms with Crippen LogP contribution in [0.2, 0.25) is 0 Å². The maximum atomic E-state index is 13.5. The summed E-state index contributed by atoms with van der Waals surface area (Å²) in [6, 6.07) is 2.94. The minimum absolute atomic E-state index is 0.0108. The molecule has 176 valence electrons. The van der Waals surface area contributed by atoms with E-state index in [1.165, 1.54) is 12.1 Å². The molecule has 0 radical (unpaired) electrons. The summed E-state index contributed by atoms with van der Waals surface area (Å²) in [5.41, 5.74) is 6.73. The van der Waals surface area contributed by atoms with Crippen LogP contribution in [0.25, 0.3) is 5.65 Å². The van der Waals surface area contributed by atoms with Gasteiger partial charge in [0.05, 0.1) is 23.3 Å². The third-order valence-electron chi connectivity index (χ3n) is 6.80. The highest BCUT2D eigenvalue weighted by molar-refractivity contribution is 7.99. The predicted molar refractivity (Wildman–Crippen MR) is 118 cm³/mol. The number of halogens is 3. The third-order valence-corrected chi connectivity index (χ3v) is 8.03. The van der Waals surface area contributed by atoms with Crippen molar-refractivity contribution in [1.82, 2.24) is 19.4 Å². The van der Waals surface area contributed by atoms with E-state index in [9.17, 15) is 13.2 Å². The van der Waals surface area contributed by atoms with Crippen molar-refractivity contribution in [2.24, 2.45) is 11.1 Å². The highest BCUT2D eigenvalue weighted by Gasteiger charge is 2.48. The second-order valence-electron chi connectivity index (χ2n) is 8.79. The number of imidazole rings is 1. The van der Waals surface area contributed by atoms with Crippen LogP contribution in [-0.4, -0.2) is 51.2 Å². The van der Waals surface area contributed by atoms with Gasteiger partial charge >= 0.3 is 6.18 Å². The Labute approximate surface area is 193 Å². The van der Waals surface area contributed by atoms with Crippen LogP contribution in [0.4, 0.5) is 19.1 Å². The summed E-state index contributed by atoms with van der Waals surface area (Å²) in [5.74, 6) is 0.738. The Hall–Kier alpha value is -2.37. The minimum atomic E-state index is -4.54. The number of nitrogens with zero attached hydrogens (tertiary/aromatic N) is 5. The lowest BCUT2D eigenvalue weighted by molar-refractivity contribution is -0.143. The minimum Gasteiger partial charge on any atom is -0.376 e. The lowest BCUT2D eigenvalue weighted by Gasteiger charge is -2.41. The van der Waals surface area contributed by atoms with Gasteiger partial charge in [-0.2, -0.15) is 13.2 Å². The molecule has 33 heavy (non-hydrogen) atoms. The summed E-state index contributed by atoms with van der Waals surface area (Å²) in [4.78, 5) is 15.6. The van der Waals surface area contributed by atoms with Crippen molar-refractivity contribution in [3.8, 4) is 0 Å². The van der Waals surface area contributed by atoms with Gasteiger partial charge < -0.3 is 15.4 Å². The van der Waals surface area contributed by atoms with Gasteiger partial charge in [-0.25, -0.2) is 9.97 Å². The Morgan fingerprint density at radius 2 is 1.97 bits per heavy atom. The number of alkyl halides is 3. The van der Waals surface area contributed by atoms with Crippen LogP contribution in [0.5, 0.6) is 0 Å². The van der Waals surface area contributed by atoms with Crippen LogP contribution in [0, 0.1) is 12.3 Å². The largest absolute Gasteiger partial charge is 0.434 e. The molecule has 1 spiro atoms. The SMILES string of the molecule is Cc1nc(N2CCC3(CC2)COC(C)[C@H]3N)n2ccnc2c1Sc1cccnc1C(F)(F)F. The zero-order chi connectivity index (χ0) is 23.4. The first-order valence-electron chi connectivity index (χ1n) is 10.9. The first-order chi connectivity index (χ1) is 15.7. The molecule has 2 aliphatic rings. The maximum absolute atomic E-state index is 13.5. The molecular formula is C22H25F3N6OS. The van der Waals surface area contributed by atoms with Crippen molar-refractivity contribution in [1.29, 1.82) is 0 Å². The molecule has 0 aromatic carbocycles. The van der Waals surface area contributed by atoms with Gasteiger partial charge in [-0.3, -0.25) is 9.38 Å². The molecule has 0 aliphatic carbocycles. The van der Waals surface area contributed by atoms with Gasteiger partial charge in [0, 0.05) is 48.0 Å². The zero-order valence-corrected chi connectivity index (χ0v) is 19.2. The van der Waals surface area contributed by atoms with Gasteiger partial charge in [-0.1, -0.05) is 11.8 Å². The quantitative estimate of drug-likeness (QED) is 0.611. The second kappa shape index (κ2) is 8.14. The van der Waals surface area contributed by atoms with E-state index in [-0.39, 0.29) is 22.5 Å². The molecule has 7 nitrogen and oxygen atoms in total. The van der Waals surface area contributed by atoms with Crippen LogP contribution in [0.1, 0.15) is 31.2 Å². The van der Waals surface area contributed by atoms with Gasteiger partial charge in [-0.15, -0.1) is 0 Å². The number of piperidine rings is 1. The number of pyridine rings is 1. The van der Waals surface area contributed by atoms with Crippen LogP contribution >= 0.6 is 11.8 Å². The average Bonchev–Trinajstić information content (AvgIpc) is 3.38. The topological polar surface area (TPSA) is 81.6 Å². The van der Waals surface area contributed by atoms with Gasteiger partial charge in [0.15, 0.2) is 11.3 Å². The molecule has 11 heteroatoms. The van der Waals surface area contributed by atoms with Crippen LogP contribution in [0.3, 0.4) is 0 Å². The number of anilines is 1. The van der Waals surface area contributed by atoms with Crippen molar-refractivity contribution in [2.75, 3.05) is 24.6 Å². The van der Waals surface area contributed by atoms with Crippen molar-refractivity contribution in [3.63, 3.8) is 0 Å². The molecule has 2 fully saturated rings. The predicted octanol–water partition coefficient (Wildman–Crippen LogP) is 3.94. The van der Waals surface area contributed by atoms with E-state index in [2.05, 4.69) is 14.9 Å². The van der Waals surface area contributed by atoms with Gasteiger partial charge in [-0.05, 0) is 38.8 Å². The third kappa shape index (κ3) is 3.85. The number of aromatic nitrogens is 4. The molecule has 0 bridgehead atoms. The van der Waals surface area contributed by atoms with E-state index in [1.807, 2.05) is 11.3 Å². The normalized spacial score (nSPS) is 23.0. The number of nitrogens with two attached hydrogens (primary N) is 1. The summed E-state index contributed by atoms with van der Waals surface area (Å²) >= 11 is 0.993. The Kier molecular flexibility index (Phi) is 5.53. The van der Waals surface area contributed by atoms with Gasteiger partial charge in [0.1, 0.15) is 0 Å². The van der Waals surface area contributed by atoms with Crippen LogP contribution in [-0.2, 0) is 10.9 Å². The maximum Gasteiger partial charge on any atom is 0.434 e. The highest BCUT2D eigenvalue weighted by Crippen LogP contribution is 2.43. The fourth-order valence-electron chi connectivity index (χ4n) is 4.81. The first kappa shape index (κ1) is 22.4. The van der Waals surface area contributed by atoms with Crippen LogP contribution < -0.4 is 10.6 Å². The summed E-state index contributed by atoms with van der Waals surface area (Å²) in [6.45, 7) is 6.05. The standard InChI is InChI=1S/C22H25F3N6OS/c1-13-16(33-15-4-3-7-27-18(15)22(23,24)25)19-28-8-11-31(19)20(29-13)30-9-5-21(6-10-30)12-32-14(2)17(21)26/h3-4,7-8,11,14,17H,5-6,9-10,12,26H2,1-2H3/t14?,17-/m1/s1. The Morgan fingerprint density at radius 1 is 1.21 bits per heavy atom. The molecule has 0 saturated carbocycles. The molecule has 2 N–H and O–H groups in total. The molecule has 2 saturated heterocycles. The molecule has 1 unspecified atom stereocenters. The number of hydrogen-bond acceptors (Lipinski definition) is 7. The number of hydrogen-bond donors (Lipinski definition) is 1. The number of fused-ring (bicyclic) bond motifs is 1. The summed E-state index contributed by atoms with van der Waals surface area (Å²) < 4.78 is 48.0. The van der Waals surface area contributed by atoms with E-state index in [1.54, 1.807) is 19.3 Å². The fraction of sp³-hybridized carbons (Fsp3) is 0.500. The number of ether oxygens (including phenoxy) is 1.